The average Bonchev–Trinajstić information content (AvgIpc) is 2.37. The zero-order chi connectivity index (χ0) is 12.5. The Morgan fingerprint density at radius 3 is 2.82 bits per heavy atom. The number of nitrogens with zero attached hydrogens (tertiary/aromatic N) is 2. The molecule has 0 saturated carbocycles. The van der Waals surface area contributed by atoms with E-state index in [2.05, 4.69) is 11.6 Å². The molecule has 0 bridgehead atoms. The van der Waals surface area contributed by atoms with Crippen molar-refractivity contribution in [3.8, 4) is 0 Å². The largest absolute Gasteiger partial charge is 0.395 e. The van der Waals surface area contributed by atoms with E-state index >= 15 is 0 Å². The van der Waals surface area contributed by atoms with Crippen molar-refractivity contribution in [1.82, 2.24) is 9.88 Å². The van der Waals surface area contributed by atoms with Crippen LogP contribution in [0.4, 0.5) is 0 Å². The number of aromatic nitrogens is 1. The van der Waals surface area contributed by atoms with Gasteiger partial charge in [-0.05, 0) is 12.1 Å². The molecule has 1 rings (SSSR count). The molecule has 0 radical (unpaired) electrons. The van der Waals surface area contributed by atoms with E-state index in [1.54, 1.807) is 23.4 Å². The highest BCUT2D eigenvalue weighted by Gasteiger charge is 2.11. The van der Waals surface area contributed by atoms with Gasteiger partial charge in [0.1, 0.15) is 0 Å². The maximum Gasteiger partial charge on any atom is 0.233 e. The lowest BCUT2D eigenvalue weighted by Gasteiger charge is -2.19. The molecule has 17 heavy (non-hydrogen) atoms. The summed E-state index contributed by atoms with van der Waals surface area (Å²) in [7, 11) is 0. The van der Waals surface area contributed by atoms with Crippen molar-refractivity contribution >= 4 is 17.7 Å². The van der Waals surface area contributed by atoms with Gasteiger partial charge in [-0.2, -0.15) is 0 Å². The fourth-order valence-electron chi connectivity index (χ4n) is 1.27. The number of pyridine rings is 1. The number of aliphatic hydroxyl groups is 1. The van der Waals surface area contributed by atoms with E-state index in [1.165, 1.54) is 11.8 Å². The second kappa shape index (κ2) is 7.86. The normalized spacial score (nSPS) is 9.94. The molecular formula is C12H16N2O2S. The number of amides is 1. The highest BCUT2D eigenvalue weighted by molar-refractivity contribution is 8.00. The van der Waals surface area contributed by atoms with Crippen molar-refractivity contribution in [2.75, 3.05) is 25.4 Å². The highest BCUT2D eigenvalue weighted by atomic mass is 32.2. The molecule has 0 spiro atoms. The lowest BCUT2D eigenvalue weighted by Crippen LogP contribution is -2.34. The van der Waals surface area contributed by atoms with Crippen LogP contribution in [0.2, 0.25) is 0 Å². The van der Waals surface area contributed by atoms with Crippen LogP contribution >= 0.6 is 11.8 Å². The molecule has 0 aliphatic carbocycles. The molecule has 0 atom stereocenters. The SMILES string of the molecule is C=CCN(CCO)C(=O)CSc1ccncc1. The van der Waals surface area contributed by atoms with Crippen LogP contribution in [0.1, 0.15) is 0 Å². The maximum atomic E-state index is 11.8. The summed E-state index contributed by atoms with van der Waals surface area (Å²) >= 11 is 1.46. The van der Waals surface area contributed by atoms with Gasteiger partial charge in [0, 0.05) is 30.4 Å². The van der Waals surface area contributed by atoms with Crippen LogP contribution in [0.5, 0.6) is 0 Å². The number of rotatable bonds is 7. The summed E-state index contributed by atoms with van der Waals surface area (Å²) in [6.45, 7) is 4.38. The van der Waals surface area contributed by atoms with E-state index < -0.39 is 0 Å². The molecule has 0 fully saturated rings. The maximum absolute atomic E-state index is 11.8. The van der Waals surface area contributed by atoms with Crippen LogP contribution in [0.25, 0.3) is 0 Å². The van der Waals surface area contributed by atoms with Gasteiger partial charge in [0.25, 0.3) is 0 Å². The van der Waals surface area contributed by atoms with Crippen LogP contribution in [0, 0.1) is 0 Å². The number of hydrogen-bond acceptors (Lipinski definition) is 4. The van der Waals surface area contributed by atoms with E-state index in [1.807, 2.05) is 12.1 Å². The Bertz CT molecular complexity index is 357. The molecule has 1 N–H and O–H groups in total. The molecule has 0 aliphatic rings. The van der Waals surface area contributed by atoms with Gasteiger partial charge >= 0.3 is 0 Å². The van der Waals surface area contributed by atoms with Crippen LogP contribution in [0.3, 0.4) is 0 Å². The van der Waals surface area contributed by atoms with E-state index in [0.29, 0.717) is 18.8 Å². The predicted molar refractivity (Wildman–Crippen MR) is 68.8 cm³/mol. The third-order valence-electron chi connectivity index (χ3n) is 2.08. The van der Waals surface area contributed by atoms with Crippen LogP contribution in [0.15, 0.2) is 42.1 Å². The molecule has 4 nitrogen and oxygen atoms in total. The number of aliphatic hydroxyl groups excluding tert-OH is 1. The average molecular weight is 252 g/mol. The zero-order valence-corrected chi connectivity index (χ0v) is 10.4. The molecule has 1 aromatic heterocycles. The van der Waals surface area contributed by atoms with Crippen molar-refractivity contribution in [1.29, 1.82) is 0 Å². The van der Waals surface area contributed by atoms with Crippen LogP contribution < -0.4 is 0 Å². The monoisotopic (exact) mass is 252 g/mol. The minimum absolute atomic E-state index is 0.000706. The molecule has 1 amide bonds. The Morgan fingerprint density at radius 1 is 1.53 bits per heavy atom. The minimum atomic E-state index is -0.0283. The fourth-order valence-corrected chi connectivity index (χ4v) is 2.05. The van der Waals surface area contributed by atoms with Gasteiger partial charge in [-0.3, -0.25) is 9.78 Å². The standard InChI is InChI=1S/C12H16N2O2S/c1-2-7-14(8-9-15)12(16)10-17-11-3-5-13-6-4-11/h2-6,15H,1,7-10H2. The molecule has 0 aromatic carbocycles. The van der Waals surface area contributed by atoms with E-state index in [9.17, 15) is 4.79 Å². The molecule has 0 aliphatic heterocycles. The molecular weight excluding hydrogens is 236 g/mol. The summed E-state index contributed by atoms with van der Waals surface area (Å²) < 4.78 is 0. The first-order valence-corrected chi connectivity index (χ1v) is 6.29. The summed E-state index contributed by atoms with van der Waals surface area (Å²) in [4.78, 5) is 18.3. The van der Waals surface area contributed by atoms with Gasteiger partial charge in [0.2, 0.25) is 5.91 Å². The van der Waals surface area contributed by atoms with Crippen LogP contribution in [-0.2, 0) is 4.79 Å². The lowest BCUT2D eigenvalue weighted by atomic mass is 10.4. The fraction of sp³-hybridized carbons (Fsp3) is 0.333. The number of hydrogen-bond donors (Lipinski definition) is 1. The molecule has 0 unspecified atom stereocenters. The summed E-state index contributed by atoms with van der Waals surface area (Å²) in [5.74, 6) is 0.360. The minimum Gasteiger partial charge on any atom is -0.395 e. The van der Waals surface area contributed by atoms with Crippen molar-refractivity contribution in [2.24, 2.45) is 0 Å². The molecule has 5 heteroatoms. The smallest absolute Gasteiger partial charge is 0.233 e. The predicted octanol–water partition coefficient (Wildman–Crippen LogP) is 1.18. The summed E-state index contributed by atoms with van der Waals surface area (Å²) in [6.07, 6.45) is 5.05. The Kier molecular flexibility index (Phi) is 6.35. The first-order valence-electron chi connectivity index (χ1n) is 5.30. The molecule has 0 saturated heterocycles. The Morgan fingerprint density at radius 2 is 2.24 bits per heavy atom. The topological polar surface area (TPSA) is 53.4 Å². The highest BCUT2D eigenvalue weighted by Crippen LogP contribution is 2.16. The first kappa shape index (κ1) is 13.7. The number of thioether (sulfide) groups is 1. The Hall–Kier alpha value is -1.33. The van der Waals surface area contributed by atoms with E-state index in [-0.39, 0.29) is 12.5 Å². The van der Waals surface area contributed by atoms with Gasteiger partial charge < -0.3 is 10.0 Å². The van der Waals surface area contributed by atoms with Crippen LogP contribution in [-0.4, -0.2) is 46.3 Å². The van der Waals surface area contributed by atoms with Crippen molar-refractivity contribution in [2.45, 2.75) is 4.90 Å². The summed E-state index contributed by atoms with van der Waals surface area (Å²) in [5.41, 5.74) is 0. The van der Waals surface area contributed by atoms with Gasteiger partial charge in [-0.25, -0.2) is 0 Å². The molecule has 1 aromatic rings. The Balaban J connectivity index is 2.44. The number of carbonyl (C=O) groups is 1. The van der Waals surface area contributed by atoms with Crippen molar-refractivity contribution < 1.29 is 9.90 Å². The molecule has 92 valence electrons. The summed E-state index contributed by atoms with van der Waals surface area (Å²) in [5, 5.41) is 8.85. The second-order valence-corrected chi connectivity index (χ2v) is 4.37. The van der Waals surface area contributed by atoms with Gasteiger partial charge in [-0.1, -0.05) is 6.08 Å². The van der Waals surface area contributed by atoms with E-state index in [4.69, 9.17) is 5.11 Å². The zero-order valence-electron chi connectivity index (χ0n) is 9.58. The van der Waals surface area contributed by atoms with Crippen molar-refractivity contribution in [3.05, 3.63) is 37.2 Å². The third-order valence-corrected chi connectivity index (χ3v) is 3.08. The van der Waals surface area contributed by atoms with Gasteiger partial charge in [0.05, 0.1) is 12.4 Å². The second-order valence-electron chi connectivity index (χ2n) is 3.32. The molecule has 1 heterocycles. The first-order chi connectivity index (χ1) is 8.27. The van der Waals surface area contributed by atoms with Gasteiger partial charge in [-0.15, -0.1) is 18.3 Å². The van der Waals surface area contributed by atoms with Gasteiger partial charge in [0.15, 0.2) is 0 Å². The number of carbonyl (C=O) groups excluding carboxylic acids is 1. The van der Waals surface area contributed by atoms with E-state index in [0.717, 1.165) is 4.90 Å². The third kappa shape index (κ3) is 5.01. The quantitative estimate of drug-likeness (QED) is 0.585. The summed E-state index contributed by atoms with van der Waals surface area (Å²) in [6, 6.07) is 3.73. The lowest BCUT2D eigenvalue weighted by molar-refractivity contribution is -0.128. The van der Waals surface area contributed by atoms with Crippen molar-refractivity contribution in [3.63, 3.8) is 0 Å². The Labute approximate surface area is 105 Å².